The summed E-state index contributed by atoms with van der Waals surface area (Å²) >= 11 is 0. The van der Waals surface area contributed by atoms with E-state index < -0.39 is 25.0 Å². The number of nitrogens with one attached hydrogen (secondary N) is 3. The number of amides is 3. The molecular weight excluding hydrogens is 559 g/mol. The molecule has 3 amide bonds. The molecule has 0 rings (SSSR count). The molecule has 0 aromatic carbocycles. The predicted molar refractivity (Wildman–Crippen MR) is 150 cm³/mol. The van der Waals surface area contributed by atoms with Gasteiger partial charge in [-0.3, -0.25) is 14.4 Å². The van der Waals surface area contributed by atoms with Crippen LogP contribution in [-0.4, -0.2) is 42.3 Å². The summed E-state index contributed by atoms with van der Waals surface area (Å²) in [6.45, 7) is 29.0. The van der Waals surface area contributed by atoms with Crippen molar-refractivity contribution in [2.75, 3.05) is 0 Å². The number of nitrogens with two attached hydrogens (primary N) is 1. The van der Waals surface area contributed by atoms with Crippen molar-refractivity contribution in [3.63, 3.8) is 0 Å². The van der Waals surface area contributed by atoms with Gasteiger partial charge in [0.2, 0.25) is 12.2 Å². The van der Waals surface area contributed by atoms with Crippen molar-refractivity contribution in [1.29, 1.82) is 0 Å². The van der Waals surface area contributed by atoms with Crippen LogP contribution in [0.15, 0.2) is 0 Å². The van der Waals surface area contributed by atoms with E-state index in [9.17, 15) is 9.59 Å². The van der Waals surface area contributed by atoms with Crippen molar-refractivity contribution in [2.45, 2.75) is 109 Å². The summed E-state index contributed by atoms with van der Waals surface area (Å²) in [4.78, 5) is 39.0. The van der Waals surface area contributed by atoms with Gasteiger partial charge >= 0.3 is 103 Å². The molecule has 39 heavy (non-hydrogen) atoms. The Hall–Kier alpha value is 0.713. The van der Waals surface area contributed by atoms with Crippen molar-refractivity contribution < 1.29 is 139 Å². The zero-order chi connectivity index (χ0) is 32.0. The van der Waals surface area contributed by atoms with Gasteiger partial charge < -0.3 is 42.7 Å². The topological polar surface area (TPSA) is 212 Å². The summed E-state index contributed by atoms with van der Waals surface area (Å²) in [5, 5.41) is 7.08. The van der Waals surface area contributed by atoms with Gasteiger partial charge in [0.1, 0.15) is 12.2 Å². The first-order valence-corrected chi connectivity index (χ1v) is 11.6. The molecule has 4 atom stereocenters. The van der Waals surface area contributed by atoms with Crippen LogP contribution in [0, 0.1) is 33.5 Å². The molecule has 0 aromatic rings. The fraction of sp³-hybridized carbons (Fsp3) is 0.846. The van der Waals surface area contributed by atoms with Crippen LogP contribution < -0.4 is 103 Å². The molecule has 0 aliphatic rings. The second-order valence-corrected chi connectivity index (χ2v) is 12.9. The van der Waals surface area contributed by atoms with Crippen LogP contribution in [0.4, 0.5) is 9.59 Å². The molecule has 0 fully saturated rings. The minimum absolute atomic E-state index is 0. The molecule has 0 bridgehead atoms. The molecule has 0 radical (unpaired) electrons. The number of hydrogen-bond acceptors (Lipinski definition) is 6. The normalized spacial score (nSPS) is 14.4. The van der Waals surface area contributed by atoms with Gasteiger partial charge in [-0.15, -0.1) is 0 Å². The van der Waals surface area contributed by atoms with E-state index in [0.717, 1.165) is 0 Å². The molecule has 0 aromatic heterocycles. The molecule has 0 spiro atoms. The summed E-state index contributed by atoms with van der Waals surface area (Å²) in [5.41, 5.74) is 19.3. The molecule has 11 nitrogen and oxygen atoms in total. The molecule has 6 N–H and O–H groups in total. The number of ether oxygens (including phenoxy) is 2. The summed E-state index contributed by atoms with van der Waals surface area (Å²) in [6, 6.07) is 0. The molecular formula is C26H54K2N4O7-2. The van der Waals surface area contributed by atoms with Gasteiger partial charge in [-0.2, -0.15) is 0 Å². The third-order valence-electron chi connectivity index (χ3n) is 5.82. The van der Waals surface area contributed by atoms with E-state index in [1.54, 1.807) is 0 Å². The fourth-order valence-corrected chi connectivity index (χ4v) is 3.20. The third-order valence-corrected chi connectivity index (χ3v) is 5.82. The minimum atomic E-state index is -1.58. The average Bonchev–Trinajstić information content (AvgIpc) is 2.59. The molecule has 0 saturated heterocycles. The minimum Gasteiger partial charge on any atom is -0.693 e. The maximum Gasteiger partial charge on any atom is 1.00 e. The number of rotatable bonds is 4. The Morgan fingerprint density at radius 3 is 0.923 bits per heavy atom. The van der Waals surface area contributed by atoms with Crippen LogP contribution in [0.2, 0.25) is 0 Å². The van der Waals surface area contributed by atoms with Gasteiger partial charge in [-0.1, -0.05) is 96.9 Å². The van der Waals surface area contributed by atoms with Crippen LogP contribution in [0.1, 0.15) is 99.7 Å². The molecule has 2 unspecified atom stereocenters. The first-order chi connectivity index (χ1) is 16.4. The number of carbonyl (C=O) groups is 4. The Labute approximate surface area is 325 Å². The standard InChI is InChI=1S/2C12H25NO2.CH3NO.CH2O2.2K.H2N/c2*1-8(11(2,3)4)9(12(5,6)7)15-10(13)14;2*2-1-3;;;/h2*8-9H,1-7H3,(H2,13,14);1H,(H2,2,3);1H,(H,2,3);;;1H2/q;;;;2*+1;-1/p-3/t2*8-,9?;;;;;/m11...../s1/i;;2*1D;;;. The summed E-state index contributed by atoms with van der Waals surface area (Å²) in [5.74, 6) is 0.429. The van der Waals surface area contributed by atoms with Gasteiger partial charge in [-0.25, -0.2) is 0 Å². The van der Waals surface area contributed by atoms with Gasteiger partial charge in [0.25, 0.3) is 6.45 Å². The van der Waals surface area contributed by atoms with Gasteiger partial charge in [0.05, 0.1) is 1.37 Å². The van der Waals surface area contributed by atoms with Crippen LogP contribution in [-0.2, 0) is 19.1 Å². The molecule has 0 saturated carbocycles. The Bertz CT molecular complexity index is 680. The molecule has 224 valence electrons. The largest absolute Gasteiger partial charge is 1.00 e. The Kier molecular flexibility index (Phi) is 32.0. The average molecular weight is 615 g/mol. The fourth-order valence-electron chi connectivity index (χ4n) is 3.20. The van der Waals surface area contributed by atoms with Crippen molar-refractivity contribution in [1.82, 2.24) is 0 Å². The third kappa shape index (κ3) is 31.5. The SMILES string of the molecule is C[C@H](C(OC([NH-])=O)C(C)(C)C)C(C)(C)C.C[C@H](C(OC([NH-])=O)C(C)(C)C)C(C)(C)C.[2H]C(=O)O.[2H]C([NH-])=O.[K+].[K+].[NH2-]. The van der Waals surface area contributed by atoms with E-state index in [4.69, 9.17) is 44.1 Å². The van der Waals surface area contributed by atoms with Gasteiger partial charge in [-0.05, 0) is 33.5 Å². The molecule has 13 heteroatoms. The maximum atomic E-state index is 10.8. The van der Waals surface area contributed by atoms with Crippen molar-refractivity contribution in [3.8, 4) is 0 Å². The Balaban J connectivity index is -0.0000000843. The van der Waals surface area contributed by atoms with Gasteiger partial charge in [0.15, 0.2) is 1.37 Å². The van der Waals surface area contributed by atoms with Crippen LogP contribution >= 0.6 is 0 Å². The number of hydrogen-bond donors (Lipinski definition) is 1. The van der Waals surface area contributed by atoms with E-state index >= 15 is 0 Å². The van der Waals surface area contributed by atoms with Crippen molar-refractivity contribution in [3.05, 3.63) is 23.4 Å². The Morgan fingerprint density at radius 2 is 0.846 bits per heavy atom. The first-order valence-electron chi connectivity index (χ1n) is 12.6. The first kappa shape index (κ1) is 49.4. The maximum absolute atomic E-state index is 10.8. The monoisotopic (exact) mass is 614 g/mol. The van der Waals surface area contributed by atoms with E-state index in [0.29, 0.717) is 0 Å². The molecule has 0 aliphatic carbocycles. The van der Waals surface area contributed by atoms with E-state index in [1.807, 2.05) is 41.5 Å². The zero-order valence-corrected chi connectivity index (χ0v) is 33.5. The molecule has 0 aliphatic heterocycles. The number of carbonyl (C=O) groups excluding carboxylic acids is 3. The van der Waals surface area contributed by atoms with E-state index in [1.165, 1.54) is 0 Å². The zero-order valence-electron chi connectivity index (χ0n) is 29.3. The molecule has 0 heterocycles. The summed E-state index contributed by atoms with van der Waals surface area (Å²) < 4.78 is 21.4. The number of carboxylic acid groups (broad SMARTS) is 1. The second-order valence-electron chi connectivity index (χ2n) is 12.9. The van der Waals surface area contributed by atoms with Gasteiger partial charge in [0, 0.05) is 6.39 Å². The van der Waals surface area contributed by atoms with Crippen LogP contribution in [0.3, 0.4) is 0 Å². The predicted octanol–water partition coefficient (Wildman–Crippen LogP) is 3.17. The van der Waals surface area contributed by atoms with E-state index in [-0.39, 0.29) is 155 Å². The van der Waals surface area contributed by atoms with E-state index in [2.05, 4.69) is 55.4 Å². The van der Waals surface area contributed by atoms with Crippen LogP contribution in [0.25, 0.3) is 23.4 Å². The second kappa shape index (κ2) is 25.2. The Morgan fingerprint density at radius 1 is 0.692 bits per heavy atom. The van der Waals surface area contributed by atoms with Crippen molar-refractivity contribution in [2.24, 2.45) is 33.5 Å². The van der Waals surface area contributed by atoms with Crippen molar-refractivity contribution >= 4 is 25.0 Å². The summed E-state index contributed by atoms with van der Waals surface area (Å²) in [7, 11) is 0. The van der Waals surface area contributed by atoms with Crippen LogP contribution in [0.5, 0.6) is 0 Å². The summed E-state index contributed by atoms with van der Waals surface area (Å²) in [6.07, 6.45) is -5.23. The quantitative estimate of drug-likeness (QED) is 0.368. The smallest absolute Gasteiger partial charge is 0.693 e.